The van der Waals surface area contributed by atoms with E-state index < -0.39 is 0 Å². The number of aromatic nitrogens is 3. The molecular weight excluding hydrogens is 374 g/mol. The molecule has 2 amide bonds. The number of benzene rings is 1. The highest BCUT2D eigenvalue weighted by Crippen LogP contribution is 2.40. The fourth-order valence-electron chi connectivity index (χ4n) is 2.87. The molecule has 8 heteroatoms. The van der Waals surface area contributed by atoms with Crippen LogP contribution in [0.3, 0.4) is 0 Å². The molecule has 7 nitrogen and oxygen atoms in total. The van der Waals surface area contributed by atoms with Gasteiger partial charge in [0.15, 0.2) is 5.16 Å². The average Bonchev–Trinajstić information content (AvgIpc) is 3.42. The lowest BCUT2D eigenvalue weighted by molar-refractivity contribution is -0.132. The van der Waals surface area contributed by atoms with Crippen LogP contribution in [0.1, 0.15) is 44.0 Å². The first-order valence-corrected chi connectivity index (χ1v) is 10.6. The van der Waals surface area contributed by atoms with E-state index in [9.17, 15) is 9.59 Å². The van der Waals surface area contributed by atoms with E-state index in [1.165, 1.54) is 22.2 Å². The van der Waals surface area contributed by atoms with Crippen LogP contribution < -0.4 is 5.32 Å². The minimum atomic E-state index is -0.154. The first-order chi connectivity index (χ1) is 13.4. The minimum absolute atomic E-state index is 0.0571. The molecule has 3 rings (SSSR count). The zero-order chi connectivity index (χ0) is 20.1. The van der Waals surface area contributed by atoms with Crippen LogP contribution in [0.25, 0.3) is 0 Å². The molecule has 1 saturated carbocycles. The Morgan fingerprint density at radius 3 is 2.61 bits per heavy atom. The maximum atomic E-state index is 12.4. The van der Waals surface area contributed by atoms with Crippen molar-refractivity contribution in [3.63, 3.8) is 0 Å². The maximum Gasteiger partial charge on any atom is 0.239 e. The number of carbonyl (C=O) groups is 2. The van der Waals surface area contributed by atoms with Gasteiger partial charge < -0.3 is 14.8 Å². The number of hydrogen-bond acceptors (Lipinski definition) is 5. The van der Waals surface area contributed by atoms with Crippen LogP contribution in [-0.2, 0) is 16.1 Å². The van der Waals surface area contributed by atoms with E-state index in [2.05, 4.69) is 32.2 Å². The first kappa shape index (κ1) is 20.4. The smallest absolute Gasteiger partial charge is 0.239 e. The second-order valence-electron chi connectivity index (χ2n) is 7.45. The third kappa shape index (κ3) is 5.58. The Hall–Kier alpha value is -2.35. The van der Waals surface area contributed by atoms with E-state index in [4.69, 9.17) is 0 Å². The van der Waals surface area contributed by atoms with E-state index in [-0.39, 0.29) is 30.2 Å². The van der Waals surface area contributed by atoms with Crippen LogP contribution in [0.5, 0.6) is 0 Å². The van der Waals surface area contributed by atoms with Crippen molar-refractivity contribution >= 4 is 23.6 Å². The average molecular weight is 402 g/mol. The Balaban J connectivity index is 1.62. The van der Waals surface area contributed by atoms with Crippen LogP contribution >= 0.6 is 11.8 Å². The van der Waals surface area contributed by atoms with E-state index in [1.807, 2.05) is 32.0 Å². The van der Waals surface area contributed by atoms with Gasteiger partial charge in [0.25, 0.3) is 0 Å². The number of hydrogen-bond donors (Lipinski definition) is 1. The van der Waals surface area contributed by atoms with Crippen molar-refractivity contribution in [2.45, 2.75) is 50.4 Å². The molecule has 1 aromatic heterocycles. The summed E-state index contributed by atoms with van der Waals surface area (Å²) in [5.41, 5.74) is 1.18. The summed E-state index contributed by atoms with van der Waals surface area (Å²) in [6.45, 7) is 4.55. The van der Waals surface area contributed by atoms with Gasteiger partial charge in [-0.3, -0.25) is 9.59 Å². The minimum Gasteiger partial charge on any atom is -0.352 e. The van der Waals surface area contributed by atoms with Crippen molar-refractivity contribution in [3.05, 3.63) is 41.7 Å². The number of carbonyl (C=O) groups excluding carboxylic acids is 2. The van der Waals surface area contributed by atoms with Crippen molar-refractivity contribution < 1.29 is 9.59 Å². The molecule has 0 spiro atoms. The molecule has 1 fully saturated rings. The van der Waals surface area contributed by atoms with Gasteiger partial charge in [0.2, 0.25) is 11.8 Å². The SMILES string of the molecule is CC(C)NC(=O)CN(C)C(=O)CSc1nnc(C2CC2)n1Cc1ccccc1. The van der Waals surface area contributed by atoms with Crippen LogP contribution in [0.15, 0.2) is 35.5 Å². The lowest BCUT2D eigenvalue weighted by atomic mass is 10.2. The molecule has 0 bridgehead atoms. The van der Waals surface area contributed by atoms with Crippen molar-refractivity contribution in [2.75, 3.05) is 19.3 Å². The van der Waals surface area contributed by atoms with E-state index in [1.54, 1.807) is 7.05 Å². The molecule has 0 unspecified atom stereocenters. The summed E-state index contributed by atoms with van der Waals surface area (Å²) in [6.07, 6.45) is 2.29. The lowest BCUT2D eigenvalue weighted by Gasteiger charge is -2.17. The predicted molar refractivity (Wildman–Crippen MR) is 109 cm³/mol. The van der Waals surface area contributed by atoms with E-state index in [0.717, 1.165) is 23.8 Å². The molecule has 0 aliphatic heterocycles. The van der Waals surface area contributed by atoms with E-state index in [0.29, 0.717) is 12.5 Å². The van der Waals surface area contributed by atoms with Crippen LogP contribution in [0.4, 0.5) is 0 Å². The van der Waals surface area contributed by atoms with Gasteiger partial charge in [0, 0.05) is 19.0 Å². The molecule has 28 heavy (non-hydrogen) atoms. The molecule has 1 aliphatic rings. The third-order valence-electron chi connectivity index (χ3n) is 4.45. The Morgan fingerprint density at radius 1 is 1.25 bits per heavy atom. The first-order valence-electron chi connectivity index (χ1n) is 9.57. The topological polar surface area (TPSA) is 80.1 Å². The molecule has 1 N–H and O–H groups in total. The van der Waals surface area contributed by atoms with E-state index >= 15 is 0 Å². The molecule has 1 aromatic carbocycles. The zero-order valence-corrected chi connectivity index (χ0v) is 17.4. The Labute approximate surface area is 169 Å². The Kier molecular flexibility index (Phi) is 6.72. The van der Waals surface area contributed by atoms with Crippen LogP contribution in [-0.4, -0.2) is 56.9 Å². The number of amides is 2. The van der Waals surface area contributed by atoms with Crippen molar-refractivity contribution in [1.29, 1.82) is 0 Å². The molecule has 0 radical (unpaired) electrons. The lowest BCUT2D eigenvalue weighted by Crippen LogP contribution is -2.41. The highest BCUT2D eigenvalue weighted by atomic mass is 32.2. The third-order valence-corrected chi connectivity index (χ3v) is 5.40. The van der Waals surface area contributed by atoms with Gasteiger partial charge in [0.1, 0.15) is 5.82 Å². The van der Waals surface area contributed by atoms with Crippen molar-refractivity contribution in [2.24, 2.45) is 0 Å². The van der Waals surface area contributed by atoms with Crippen LogP contribution in [0, 0.1) is 0 Å². The normalized spacial score (nSPS) is 13.6. The highest BCUT2D eigenvalue weighted by Gasteiger charge is 2.30. The van der Waals surface area contributed by atoms with Gasteiger partial charge in [-0.1, -0.05) is 42.1 Å². The summed E-state index contributed by atoms with van der Waals surface area (Å²) in [4.78, 5) is 25.7. The summed E-state index contributed by atoms with van der Waals surface area (Å²) in [7, 11) is 1.65. The summed E-state index contributed by atoms with van der Waals surface area (Å²) >= 11 is 1.38. The fourth-order valence-corrected chi connectivity index (χ4v) is 3.76. The largest absolute Gasteiger partial charge is 0.352 e. The van der Waals surface area contributed by atoms with Gasteiger partial charge in [-0.05, 0) is 32.3 Å². The van der Waals surface area contributed by atoms with Gasteiger partial charge in [-0.25, -0.2) is 0 Å². The summed E-state index contributed by atoms with van der Waals surface area (Å²) in [5.74, 6) is 1.45. The fraction of sp³-hybridized carbons (Fsp3) is 0.500. The highest BCUT2D eigenvalue weighted by molar-refractivity contribution is 7.99. The summed E-state index contributed by atoms with van der Waals surface area (Å²) < 4.78 is 2.12. The number of thioether (sulfide) groups is 1. The maximum absolute atomic E-state index is 12.4. The summed E-state index contributed by atoms with van der Waals surface area (Å²) in [5, 5.41) is 12.3. The van der Waals surface area contributed by atoms with Gasteiger partial charge in [-0.2, -0.15) is 0 Å². The molecule has 0 atom stereocenters. The molecular formula is C20H27N5O2S. The molecule has 1 aliphatic carbocycles. The van der Waals surface area contributed by atoms with Crippen LogP contribution in [0.2, 0.25) is 0 Å². The summed E-state index contributed by atoms with van der Waals surface area (Å²) in [6, 6.07) is 10.3. The monoisotopic (exact) mass is 401 g/mol. The quantitative estimate of drug-likeness (QED) is 0.652. The standard InChI is InChI=1S/C20H27N5O2S/c1-14(2)21-17(26)12-24(3)18(27)13-28-20-23-22-19(16-9-10-16)25(20)11-15-7-5-4-6-8-15/h4-8,14,16H,9-13H2,1-3H3,(H,21,26). The zero-order valence-electron chi connectivity index (χ0n) is 16.6. The van der Waals surface area contributed by atoms with Crippen molar-refractivity contribution in [3.8, 4) is 0 Å². The number of likely N-dealkylation sites (N-methyl/N-ethyl adjacent to an activating group) is 1. The van der Waals surface area contributed by atoms with Gasteiger partial charge >= 0.3 is 0 Å². The number of nitrogens with one attached hydrogen (secondary N) is 1. The van der Waals surface area contributed by atoms with Gasteiger partial charge in [0.05, 0.1) is 18.8 Å². The predicted octanol–water partition coefficient (Wildman–Crippen LogP) is 2.28. The Morgan fingerprint density at radius 2 is 1.96 bits per heavy atom. The molecule has 150 valence electrons. The Bertz CT molecular complexity index is 817. The number of rotatable bonds is 9. The van der Waals surface area contributed by atoms with Gasteiger partial charge in [-0.15, -0.1) is 10.2 Å². The molecule has 2 aromatic rings. The number of nitrogens with zero attached hydrogens (tertiary/aromatic N) is 4. The second kappa shape index (κ2) is 9.23. The molecule has 1 heterocycles. The second-order valence-corrected chi connectivity index (χ2v) is 8.39. The van der Waals surface area contributed by atoms with Crippen molar-refractivity contribution in [1.82, 2.24) is 25.0 Å². The molecule has 0 saturated heterocycles.